The van der Waals surface area contributed by atoms with E-state index in [-0.39, 0.29) is 28.2 Å². The average Bonchev–Trinajstić information content (AvgIpc) is 3.31. The minimum atomic E-state index is -0.876. The van der Waals surface area contributed by atoms with Gasteiger partial charge >= 0.3 is 0 Å². The van der Waals surface area contributed by atoms with Crippen LogP contribution in [0, 0.1) is 23.5 Å². The zero-order valence-corrected chi connectivity index (χ0v) is 20.4. The molecule has 0 bridgehead atoms. The third kappa shape index (κ3) is 4.90. The van der Waals surface area contributed by atoms with E-state index in [1.165, 1.54) is 33.9 Å². The fourth-order valence-corrected chi connectivity index (χ4v) is 5.30. The molecule has 1 aromatic carbocycles. The molecule has 2 fully saturated rings. The van der Waals surface area contributed by atoms with E-state index in [0.717, 1.165) is 44.2 Å². The maximum atomic E-state index is 14.8. The number of β-lactam (4-membered cyclic amide) rings is 1. The lowest BCUT2D eigenvalue weighted by molar-refractivity contribution is -0.122. The second-order valence-corrected chi connectivity index (χ2v) is 9.79. The first-order chi connectivity index (χ1) is 17.9. The molecule has 1 N–H and O–H groups in total. The fraction of sp³-hybridized carbons (Fsp3) is 0.357. The number of anilines is 1. The predicted octanol–water partition coefficient (Wildman–Crippen LogP) is 4.51. The third-order valence-corrected chi connectivity index (χ3v) is 7.36. The van der Waals surface area contributed by atoms with Crippen molar-refractivity contribution in [1.82, 2.24) is 14.9 Å². The molecule has 2 aromatic heterocycles. The molecule has 5 rings (SSSR count). The summed E-state index contributed by atoms with van der Waals surface area (Å²) in [5.41, 5.74) is -0.711. The maximum absolute atomic E-state index is 14.8. The summed E-state index contributed by atoms with van der Waals surface area (Å²) in [7, 11) is 0. The van der Waals surface area contributed by atoms with Gasteiger partial charge in [-0.1, -0.05) is 12.5 Å². The third-order valence-electron chi connectivity index (χ3n) is 7.36. The van der Waals surface area contributed by atoms with Crippen LogP contribution in [0.15, 0.2) is 54.0 Å². The molecule has 2 aliphatic rings. The molecule has 2 unspecified atom stereocenters. The van der Waals surface area contributed by atoms with Gasteiger partial charge in [0.05, 0.1) is 11.1 Å². The Morgan fingerprint density at radius 3 is 2.68 bits per heavy atom. The van der Waals surface area contributed by atoms with E-state index in [4.69, 9.17) is 0 Å². The number of amides is 2. The Bertz CT molecular complexity index is 1450. The highest BCUT2D eigenvalue weighted by Gasteiger charge is 2.28. The molecular formula is C28H28F2N4O3. The van der Waals surface area contributed by atoms with Crippen LogP contribution in [0.4, 0.5) is 14.6 Å². The minimum absolute atomic E-state index is 0.0701. The van der Waals surface area contributed by atoms with E-state index in [9.17, 15) is 23.2 Å². The lowest BCUT2D eigenvalue weighted by atomic mass is 9.99. The number of rotatable bonds is 8. The molecule has 3 heterocycles. The zero-order valence-electron chi connectivity index (χ0n) is 20.4. The SMILES string of the molecule is C=CCC1CCC(CCNC(=O)c2cn(-c3ccc(F)cc3F)c3nc(N4CCC4=O)ccc3c2=O)C1. The van der Waals surface area contributed by atoms with Crippen molar-refractivity contribution in [1.29, 1.82) is 0 Å². The van der Waals surface area contributed by atoms with Gasteiger partial charge in [-0.3, -0.25) is 23.9 Å². The van der Waals surface area contributed by atoms with Gasteiger partial charge in [-0.05, 0) is 61.8 Å². The summed E-state index contributed by atoms with van der Waals surface area (Å²) >= 11 is 0. The highest BCUT2D eigenvalue weighted by Crippen LogP contribution is 2.35. The number of fused-ring (bicyclic) bond motifs is 1. The minimum Gasteiger partial charge on any atom is -0.352 e. The number of halogens is 2. The molecule has 0 radical (unpaired) electrons. The summed E-state index contributed by atoms with van der Waals surface area (Å²) in [5.74, 6) is -0.832. The smallest absolute Gasteiger partial charge is 0.256 e. The molecule has 1 aliphatic heterocycles. The molecule has 0 spiro atoms. The van der Waals surface area contributed by atoms with Gasteiger partial charge in [0.1, 0.15) is 23.0 Å². The number of allylic oxidation sites excluding steroid dienone is 1. The number of hydrogen-bond donors (Lipinski definition) is 1. The van der Waals surface area contributed by atoms with E-state index in [2.05, 4.69) is 16.9 Å². The van der Waals surface area contributed by atoms with E-state index in [1.807, 2.05) is 6.08 Å². The number of nitrogens with zero attached hydrogens (tertiary/aromatic N) is 3. The normalized spacial score (nSPS) is 19.2. The molecule has 192 valence electrons. The second kappa shape index (κ2) is 10.2. The van der Waals surface area contributed by atoms with Gasteiger partial charge in [0.25, 0.3) is 5.91 Å². The molecule has 3 aromatic rings. The summed E-state index contributed by atoms with van der Waals surface area (Å²) < 4.78 is 29.7. The monoisotopic (exact) mass is 506 g/mol. The van der Waals surface area contributed by atoms with Crippen LogP contribution in [-0.2, 0) is 4.79 Å². The van der Waals surface area contributed by atoms with Crippen LogP contribution in [0.2, 0.25) is 0 Å². The van der Waals surface area contributed by atoms with Crippen molar-refractivity contribution in [3.05, 3.63) is 76.6 Å². The number of carbonyl (C=O) groups is 2. The molecular weight excluding hydrogens is 478 g/mol. The molecule has 37 heavy (non-hydrogen) atoms. The number of nitrogens with one attached hydrogen (secondary N) is 1. The van der Waals surface area contributed by atoms with Gasteiger partial charge in [0.15, 0.2) is 5.65 Å². The molecule has 2 atom stereocenters. The lowest BCUT2D eigenvalue weighted by Gasteiger charge is -2.29. The Morgan fingerprint density at radius 2 is 1.97 bits per heavy atom. The molecule has 9 heteroatoms. The Hall–Kier alpha value is -3.88. The molecule has 2 amide bonds. The second-order valence-electron chi connectivity index (χ2n) is 9.79. The van der Waals surface area contributed by atoms with Gasteiger partial charge in [0.2, 0.25) is 11.3 Å². The molecule has 7 nitrogen and oxygen atoms in total. The van der Waals surface area contributed by atoms with E-state index < -0.39 is 23.0 Å². The van der Waals surface area contributed by atoms with Gasteiger partial charge in [-0.15, -0.1) is 6.58 Å². The van der Waals surface area contributed by atoms with Gasteiger partial charge in [-0.2, -0.15) is 0 Å². The van der Waals surface area contributed by atoms with Gasteiger partial charge < -0.3 is 5.32 Å². The summed E-state index contributed by atoms with van der Waals surface area (Å²) in [5, 5.41) is 2.93. The molecule has 1 aliphatic carbocycles. The van der Waals surface area contributed by atoms with E-state index in [0.29, 0.717) is 37.2 Å². The van der Waals surface area contributed by atoms with Crippen LogP contribution in [0.3, 0.4) is 0 Å². The van der Waals surface area contributed by atoms with Crippen molar-refractivity contribution in [2.75, 3.05) is 18.0 Å². The summed E-state index contributed by atoms with van der Waals surface area (Å²) in [6.45, 7) is 4.71. The van der Waals surface area contributed by atoms with Crippen LogP contribution in [-0.4, -0.2) is 34.5 Å². The Morgan fingerprint density at radius 1 is 1.16 bits per heavy atom. The van der Waals surface area contributed by atoms with Crippen LogP contribution >= 0.6 is 0 Å². The topological polar surface area (TPSA) is 84.3 Å². The van der Waals surface area contributed by atoms with Crippen molar-refractivity contribution in [3.63, 3.8) is 0 Å². The predicted molar refractivity (Wildman–Crippen MR) is 137 cm³/mol. The fourth-order valence-electron chi connectivity index (χ4n) is 5.30. The van der Waals surface area contributed by atoms with Crippen LogP contribution in [0.1, 0.15) is 48.9 Å². The van der Waals surface area contributed by atoms with Crippen molar-refractivity contribution in [2.45, 2.75) is 38.5 Å². The van der Waals surface area contributed by atoms with E-state index in [1.54, 1.807) is 0 Å². The van der Waals surface area contributed by atoms with Crippen molar-refractivity contribution in [2.24, 2.45) is 11.8 Å². The summed E-state index contributed by atoms with van der Waals surface area (Å²) in [6, 6.07) is 6.06. The first-order valence-electron chi connectivity index (χ1n) is 12.6. The largest absolute Gasteiger partial charge is 0.352 e. The molecule has 1 saturated heterocycles. The standard InChI is InChI=1S/C28H28F2N4O3/c1-2-3-17-4-5-18(14-17)10-12-31-28(37)21-16-34(23-8-6-19(29)15-22(23)30)27-20(26(21)36)7-9-24(32-27)33-13-11-25(33)35/h2,6-9,15-18H,1,3-5,10-14H2,(H,31,37). The Balaban J connectivity index is 1.47. The summed E-state index contributed by atoms with van der Waals surface area (Å²) in [4.78, 5) is 44.2. The Labute approximate surface area is 212 Å². The first-order valence-corrected chi connectivity index (χ1v) is 12.6. The number of hydrogen-bond acceptors (Lipinski definition) is 4. The van der Waals surface area contributed by atoms with Crippen molar-refractivity contribution >= 4 is 28.7 Å². The highest BCUT2D eigenvalue weighted by molar-refractivity contribution is 6.00. The van der Waals surface area contributed by atoms with Gasteiger partial charge in [-0.25, -0.2) is 13.8 Å². The van der Waals surface area contributed by atoms with Crippen molar-refractivity contribution < 1.29 is 18.4 Å². The lowest BCUT2D eigenvalue weighted by Crippen LogP contribution is -2.44. The van der Waals surface area contributed by atoms with Gasteiger partial charge in [0, 0.05) is 31.8 Å². The van der Waals surface area contributed by atoms with Crippen LogP contribution < -0.4 is 15.6 Å². The molecule has 1 saturated carbocycles. The van der Waals surface area contributed by atoms with E-state index >= 15 is 0 Å². The number of benzene rings is 1. The van der Waals surface area contributed by atoms with Crippen LogP contribution in [0.5, 0.6) is 0 Å². The highest BCUT2D eigenvalue weighted by atomic mass is 19.1. The summed E-state index contributed by atoms with van der Waals surface area (Å²) in [6.07, 6.45) is 8.75. The average molecular weight is 507 g/mol. The first kappa shape index (κ1) is 24.8. The van der Waals surface area contributed by atoms with Crippen LogP contribution in [0.25, 0.3) is 16.7 Å². The number of pyridine rings is 2. The zero-order chi connectivity index (χ0) is 26.1. The quantitative estimate of drug-likeness (QED) is 0.360. The maximum Gasteiger partial charge on any atom is 0.256 e. The number of aromatic nitrogens is 2. The Kier molecular flexibility index (Phi) is 6.86. The number of carbonyl (C=O) groups excluding carboxylic acids is 2. The van der Waals surface area contributed by atoms with Crippen molar-refractivity contribution in [3.8, 4) is 5.69 Å².